The summed E-state index contributed by atoms with van der Waals surface area (Å²) in [4.78, 5) is 8.04. The first-order valence-electron chi connectivity index (χ1n) is 6.65. The van der Waals surface area contributed by atoms with Crippen LogP contribution in [0.25, 0.3) is 0 Å². The lowest BCUT2D eigenvalue weighted by Crippen LogP contribution is -2.36. The third-order valence-electron chi connectivity index (χ3n) is 3.44. The van der Waals surface area contributed by atoms with E-state index in [4.69, 9.17) is 4.74 Å². The van der Waals surface area contributed by atoms with Gasteiger partial charge in [0.25, 0.3) is 0 Å². The van der Waals surface area contributed by atoms with Crippen molar-refractivity contribution >= 4 is 16.5 Å². The maximum Gasteiger partial charge on any atom is 0.185 e. The third kappa shape index (κ3) is 3.02. The molecule has 1 aromatic heterocycles. The van der Waals surface area contributed by atoms with E-state index >= 15 is 0 Å². The molecule has 1 N–H and O–H groups in total. The molecule has 1 aliphatic rings. The van der Waals surface area contributed by atoms with E-state index in [1.807, 2.05) is 0 Å². The van der Waals surface area contributed by atoms with Crippen LogP contribution in [-0.2, 0) is 17.8 Å². The largest absolute Gasteiger partial charge is 0.391 e. The van der Waals surface area contributed by atoms with E-state index in [9.17, 15) is 5.11 Å². The number of thiazole rings is 1. The van der Waals surface area contributed by atoms with E-state index in [-0.39, 0.29) is 6.61 Å². The lowest BCUT2D eigenvalue weighted by atomic mass is 10.1. The molecule has 1 aliphatic heterocycles. The molecule has 1 fully saturated rings. The first-order chi connectivity index (χ1) is 8.78. The normalized spacial score (nSPS) is 17.4. The molecule has 0 aromatic carbocycles. The van der Waals surface area contributed by atoms with Crippen molar-refractivity contribution in [3.8, 4) is 0 Å². The van der Waals surface area contributed by atoms with Gasteiger partial charge in [-0.15, -0.1) is 0 Å². The lowest BCUT2D eigenvalue weighted by molar-refractivity contribution is 0.0819. The van der Waals surface area contributed by atoms with Crippen LogP contribution >= 0.6 is 11.3 Å². The van der Waals surface area contributed by atoms with Crippen molar-refractivity contribution in [3.05, 3.63) is 10.6 Å². The fraction of sp³-hybridized carbons (Fsp3) is 0.769. The van der Waals surface area contributed by atoms with Gasteiger partial charge in [-0.05, 0) is 19.3 Å². The molecule has 0 bridgehead atoms. The van der Waals surface area contributed by atoms with E-state index in [1.165, 1.54) is 0 Å². The zero-order valence-electron chi connectivity index (χ0n) is 11.2. The average molecular weight is 270 g/mol. The smallest absolute Gasteiger partial charge is 0.185 e. The standard InChI is InChI=1S/C13H22N2O2S/c1-3-4-11-12(9-16)18-13(14-11)15-7-5-10(17-2)6-8-15/h10,16H,3-9H2,1-2H3. The summed E-state index contributed by atoms with van der Waals surface area (Å²) < 4.78 is 5.38. The minimum absolute atomic E-state index is 0.113. The molecular weight excluding hydrogens is 248 g/mol. The van der Waals surface area contributed by atoms with Crippen molar-refractivity contribution in [1.82, 2.24) is 4.98 Å². The van der Waals surface area contributed by atoms with Gasteiger partial charge in [-0.25, -0.2) is 4.98 Å². The third-order valence-corrected chi connectivity index (χ3v) is 4.59. The Labute approximate surface area is 113 Å². The molecule has 5 heteroatoms. The number of anilines is 1. The Hall–Kier alpha value is -0.650. The molecule has 4 nitrogen and oxygen atoms in total. The topological polar surface area (TPSA) is 45.6 Å². The summed E-state index contributed by atoms with van der Waals surface area (Å²) in [6.07, 6.45) is 4.55. The summed E-state index contributed by atoms with van der Waals surface area (Å²) in [7, 11) is 1.78. The van der Waals surface area contributed by atoms with Gasteiger partial charge in [-0.3, -0.25) is 0 Å². The van der Waals surface area contributed by atoms with Crippen molar-refractivity contribution in [3.63, 3.8) is 0 Å². The molecule has 0 spiro atoms. The molecule has 102 valence electrons. The molecule has 0 amide bonds. The van der Waals surface area contributed by atoms with Crippen LogP contribution in [0.3, 0.4) is 0 Å². The van der Waals surface area contributed by atoms with E-state index < -0.39 is 0 Å². The Morgan fingerprint density at radius 2 is 2.17 bits per heavy atom. The van der Waals surface area contributed by atoms with Gasteiger partial charge in [-0.2, -0.15) is 0 Å². The average Bonchev–Trinajstić information content (AvgIpc) is 2.82. The van der Waals surface area contributed by atoms with Crippen molar-refractivity contribution in [2.75, 3.05) is 25.1 Å². The number of methoxy groups -OCH3 is 1. The van der Waals surface area contributed by atoms with Crippen LogP contribution in [0.5, 0.6) is 0 Å². The minimum atomic E-state index is 0.113. The highest BCUT2D eigenvalue weighted by atomic mass is 32.1. The number of hydrogen-bond acceptors (Lipinski definition) is 5. The number of nitrogens with zero attached hydrogens (tertiary/aromatic N) is 2. The molecule has 2 rings (SSSR count). The van der Waals surface area contributed by atoms with Crippen molar-refractivity contribution < 1.29 is 9.84 Å². The first-order valence-corrected chi connectivity index (χ1v) is 7.47. The Morgan fingerprint density at radius 3 is 2.72 bits per heavy atom. The van der Waals surface area contributed by atoms with Crippen LogP contribution in [0, 0.1) is 0 Å². The van der Waals surface area contributed by atoms with E-state index in [1.54, 1.807) is 18.4 Å². The maximum absolute atomic E-state index is 9.37. The highest BCUT2D eigenvalue weighted by Gasteiger charge is 2.22. The maximum atomic E-state index is 9.37. The van der Waals surface area contributed by atoms with Crippen LogP contribution < -0.4 is 4.90 Å². The van der Waals surface area contributed by atoms with Gasteiger partial charge < -0.3 is 14.7 Å². The second-order valence-electron chi connectivity index (χ2n) is 4.70. The predicted molar refractivity (Wildman–Crippen MR) is 74.3 cm³/mol. The van der Waals surface area contributed by atoms with Crippen LogP contribution in [0.2, 0.25) is 0 Å². The molecule has 0 saturated carbocycles. The molecule has 0 unspecified atom stereocenters. The second-order valence-corrected chi connectivity index (χ2v) is 5.76. The minimum Gasteiger partial charge on any atom is -0.391 e. The Bertz CT molecular complexity index is 373. The first kappa shape index (κ1) is 13.8. The number of ether oxygens (including phenoxy) is 1. The van der Waals surface area contributed by atoms with Gasteiger partial charge in [0.05, 0.1) is 23.3 Å². The van der Waals surface area contributed by atoms with E-state index in [0.29, 0.717) is 6.10 Å². The molecule has 2 heterocycles. The molecule has 1 aromatic rings. The van der Waals surface area contributed by atoms with Gasteiger partial charge in [0.1, 0.15) is 0 Å². The molecule has 0 radical (unpaired) electrons. The Morgan fingerprint density at radius 1 is 1.44 bits per heavy atom. The summed E-state index contributed by atoms with van der Waals surface area (Å²) in [5, 5.41) is 10.4. The van der Waals surface area contributed by atoms with Crippen LogP contribution in [-0.4, -0.2) is 36.4 Å². The molecule has 18 heavy (non-hydrogen) atoms. The van der Waals surface area contributed by atoms with Crippen LogP contribution in [0.15, 0.2) is 0 Å². The van der Waals surface area contributed by atoms with Crippen molar-refractivity contribution in [1.29, 1.82) is 0 Å². The predicted octanol–water partition coefficient (Wildman–Crippen LogP) is 2.20. The molecular formula is C13H22N2O2S. The van der Waals surface area contributed by atoms with Gasteiger partial charge in [0.2, 0.25) is 0 Å². The summed E-state index contributed by atoms with van der Waals surface area (Å²) in [5.41, 5.74) is 1.08. The molecule has 1 saturated heterocycles. The Kier molecular flexibility index (Phi) is 4.97. The second kappa shape index (κ2) is 6.50. The van der Waals surface area contributed by atoms with Crippen LogP contribution in [0.4, 0.5) is 5.13 Å². The zero-order chi connectivity index (χ0) is 13.0. The van der Waals surface area contributed by atoms with E-state index in [0.717, 1.165) is 54.5 Å². The van der Waals surface area contributed by atoms with Crippen LogP contribution in [0.1, 0.15) is 36.8 Å². The van der Waals surface area contributed by atoms with Crippen molar-refractivity contribution in [2.24, 2.45) is 0 Å². The highest BCUT2D eigenvalue weighted by molar-refractivity contribution is 7.15. The summed E-state index contributed by atoms with van der Waals surface area (Å²) >= 11 is 1.64. The van der Waals surface area contributed by atoms with Gasteiger partial charge in [0, 0.05) is 20.2 Å². The monoisotopic (exact) mass is 270 g/mol. The lowest BCUT2D eigenvalue weighted by Gasteiger charge is -2.30. The number of aromatic nitrogens is 1. The number of aliphatic hydroxyl groups excluding tert-OH is 1. The quantitative estimate of drug-likeness (QED) is 0.891. The van der Waals surface area contributed by atoms with Gasteiger partial charge >= 0.3 is 0 Å². The zero-order valence-corrected chi connectivity index (χ0v) is 12.0. The molecule has 0 atom stereocenters. The summed E-state index contributed by atoms with van der Waals surface area (Å²) in [5.74, 6) is 0. The highest BCUT2D eigenvalue weighted by Crippen LogP contribution is 2.29. The number of hydrogen-bond donors (Lipinski definition) is 1. The number of aliphatic hydroxyl groups is 1. The summed E-state index contributed by atoms with van der Waals surface area (Å²) in [6.45, 7) is 4.26. The number of rotatable bonds is 5. The van der Waals surface area contributed by atoms with Crippen molar-refractivity contribution in [2.45, 2.75) is 45.3 Å². The fourth-order valence-electron chi connectivity index (χ4n) is 2.34. The van der Waals surface area contributed by atoms with E-state index in [2.05, 4.69) is 16.8 Å². The Balaban J connectivity index is 2.05. The summed E-state index contributed by atoms with van der Waals surface area (Å²) in [6, 6.07) is 0. The fourth-order valence-corrected chi connectivity index (χ4v) is 3.36. The SMILES string of the molecule is CCCc1nc(N2CCC(OC)CC2)sc1CO. The molecule has 0 aliphatic carbocycles. The number of aryl methyl sites for hydroxylation is 1. The van der Waals surface area contributed by atoms with Gasteiger partial charge in [0.15, 0.2) is 5.13 Å². The van der Waals surface area contributed by atoms with Gasteiger partial charge in [-0.1, -0.05) is 24.7 Å². The number of piperidine rings is 1.